The first-order chi connectivity index (χ1) is 10.5. The van der Waals surface area contributed by atoms with Gasteiger partial charge < -0.3 is 0 Å². The van der Waals surface area contributed by atoms with Crippen molar-refractivity contribution in [3.05, 3.63) is 38.2 Å². The molecule has 0 unspecified atom stereocenters. The third kappa shape index (κ3) is 3.37. The van der Waals surface area contributed by atoms with Gasteiger partial charge in [-0.3, -0.25) is 9.69 Å². The van der Waals surface area contributed by atoms with E-state index in [-0.39, 0.29) is 5.56 Å². The number of thiazole rings is 1. The van der Waals surface area contributed by atoms with Gasteiger partial charge in [0.15, 0.2) is 4.34 Å². The van der Waals surface area contributed by atoms with Crippen LogP contribution in [0.2, 0.25) is 0 Å². The van der Waals surface area contributed by atoms with Gasteiger partial charge in [-0.1, -0.05) is 23.1 Å². The third-order valence-corrected chi connectivity index (χ3v) is 5.69. The molecule has 0 amide bonds. The molecule has 0 bridgehead atoms. The molecule has 0 saturated carbocycles. The molecule has 3 aromatic heterocycles. The number of hydrogen-bond donors (Lipinski definition) is 0. The summed E-state index contributed by atoms with van der Waals surface area (Å²) in [6, 6.07) is 1.56. The zero-order valence-electron chi connectivity index (χ0n) is 12.4. The van der Waals surface area contributed by atoms with Gasteiger partial charge >= 0.3 is 0 Å². The van der Waals surface area contributed by atoms with E-state index in [2.05, 4.69) is 25.3 Å². The van der Waals surface area contributed by atoms with Crippen LogP contribution in [0.4, 0.5) is 0 Å². The molecule has 6 nitrogen and oxygen atoms in total. The van der Waals surface area contributed by atoms with Crippen LogP contribution in [0.3, 0.4) is 0 Å². The average molecular weight is 353 g/mol. The van der Waals surface area contributed by atoms with Crippen LogP contribution in [0.5, 0.6) is 0 Å². The van der Waals surface area contributed by atoms with Crippen molar-refractivity contribution in [3.63, 3.8) is 0 Å². The topological polar surface area (TPSA) is 63.4 Å². The lowest BCUT2D eigenvalue weighted by atomic mass is 10.3. The molecule has 116 valence electrons. The second-order valence-corrected chi connectivity index (χ2v) is 7.95. The van der Waals surface area contributed by atoms with Gasteiger partial charge in [0.05, 0.1) is 16.4 Å². The van der Waals surface area contributed by atoms with E-state index in [4.69, 9.17) is 0 Å². The Bertz CT molecular complexity index is 853. The molecule has 22 heavy (non-hydrogen) atoms. The molecule has 0 radical (unpaired) electrons. The minimum absolute atomic E-state index is 0.130. The molecule has 0 N–H and O–H groups in total. The molecule has 0 spiro atoms. The van der Waals surface area contributed by atoms with Gasteiger partial charge in [-0.15, -0.1) is 16.4 Å². The van der Waals surface area contributed by atoms with Crippen LogP contribution in [0, 0.1) is 6.92 Å². The van der Waals surface area contributed by atoms with Crippen molar-refractivity contribution >= 4 is 39.4 Å². The summed E-state index contributed by atoms with van der Waals surface area (Å²) in [4.78, 5) is 23.8. The van der Waals surface area contributed by atoms with Crippen molar-refractivity contribution in [2.24, 2.45) is 0 Å². The molecule has 0 atom stereocenters. The molecule has 0 aliphatic rings. The van der Waals surface area contributed by atoms with Crippen LogP contribution in [0.1, 0.15) is 16.4 Å². The van der Waals surface area contributed by atoms with E-state index in [1.54, 1.807) is 17.4 Å². The molecule has 3 rings (SSSR count). The minimum atomic E-state index is -0.130. The van der Waals surface area contributed by atoms with Gasteiger partial charge in [0.2, 0.25) is 4.96 Å². The maximum atomic E-state index is 12.1. The summed E-state index contributed by atoms with van der Waals surface area (Å²) in [5.74, 6) is 0. The molecule has 3 heterocycles. The van der Waals surface area contributed by atoms with E-state index in [1.165, 1.54) is 27.6 Å². The average Bonchev–Trinajstić information content (AvgIpc) is 3.05. The standard InChI is InChI=1S/C13H15N5OS3/c1-8-14-10(7-21-8)6-17(2)5-9-4-11(19)18-12(15-9)22-13(16-18)20-3/h4,7H,5-6H2,1-3H3. The second-order valence-electron chi connectivity index (χ2n) is 4.88. The number of aromatic nitrogens is 4. The van der Waals surface area contributed by atoms with Crippen molar-refractivity contribution in [1.82, 2.24) is 24.5 Å². The van der Waals surface area contributed by atoms with Crippen molar-refractivity contribution in [2.75, 3.05) is 13.3 Å². The monoisotopic (exact) mass is 353 g/mol. The summed E-state index contributed by atoms with van der Waals surface area (Å²) in [7, 11) is 2.00. The van der Waals surface area contributed by atoms with Crippen LogP contribution in [-0.2, 0) is 13.1 Å². The quantitative estimate of drug-likeness (QED) is 0.656. The Morgan fingerprint density at radius 2 is 2.09 bits per heavy atom. The number of thioether (sulfide) groups is 1. The number of aryl methyl sites for hydroxylation is 1. The largest absolute Gasteiger partial charge is 0.295 e. The lowest BCUT2D eigenvalue weighted by molar-refractivity contribution is 0.311. The summed E-state index contributed by atoms with van der Waals surface area (Å²) in [5.41, 5.74) is 1.68. The number of rotatable bonds is 5. The Kier molecular flexibility index (Phi) is 4.57. The first-order valence-electron chi connectivity index (χ1n) is 6.58. The number of nitrogens with zero attached hydrogens (tertiary/aromatic N) is 5. The Hall–Kier alpha value is -1.29. The summed E-state index contributed by atoms with van der Waals surface area (Å²) in [6.45, 7) is 3.34. The molecule has 0 aliphatic carbocycles. The van der Waals surface area contributed by atoms with Gasteiger partial charge in [-0.05, 0) is 20.2 Å². The Labute approximate surface area is 139 Å². The molecule has 0 saturated heterocycles. The van der Waals surface area contributed by atoms with Gasteiger partial charge in [0.1, 0.15) is 0 Å². The Morgan fingerprint density at radius 3 is 2.77 bits per heavy atom. The highest BCUT2D eigenvalue weighted by molar-refractivity contribution is 8.00. The number of fused-ring (bicyclic) bond motifs is 1. The predicted octanol–water partition coefficient (Wildman–Crippen LogP) is 2.27. The van der Waals surface area contributed by atoms with E-state index in [9.17, 15) is 4.79 Å². The van der Waals surface area contributed by atoms with E-state index in [0.717, 1.165) is 27.3 Å². The lowest BCUT2D eigenvalue weighted by Gasteiger charge is -2.14. The first-order valence-corrected chi connectivity index (χ1v) is 9.50. The molecular formula is C13H15N5OS3. The summed E-state index contributed by atoms with van der Waals surface area (Å²) in [6.07, 6.45) is 1.94. The summed E-state index contributed by atoms with van der Waals surface area (Å²) >= 11 is 4.60. The fourth-order valence-electron chi connectivity index (χ4n) is 2.09. The summed E-state index contributed by atoms with van der Waals surface area (Å²) < 4.78 is 2.21. The molecule has 9 heteroatoms. The smallest absolute Gasteiger partial charge is 0.275 e. The zero-order valence-corrected chi connectivity index (χ0v) is 14.9. The fourth-order valence-corrected chi connectivity index (χ4v) is 4.07. The van der Waals surface area contributed by atoms with Crippen LogP contribution >= 0.6 is 34.4 Å². The highest BCUT2D eigenvalue weighted by Gasteiger charge is 2.11. The molecule has 0 aliphatic heterocycles. The van der Waals surface area contributed by atoms with Gasteiger partial charge in [0.25, 0.3) is 5.56 Å². The van der Waals surface area contributed by atoms with Crippen LogP contribution in [-0.4, -0.2) is 37.8 Å². The SMILES string of the molecule is CSc1nn2c(=O)cc(CN(C)Cc3csc(C)n3)nc2s1. The molecular weight excluding hydrogens is 338 g/mol. The third-order valence-electron chi connectivity index (χ3n) is 2.98. The van der Waals surface area contributed by atoms with Crippen LogP contribution in [0.25, 0.3) is 4.96 Å². The van der Waals surface area contributed by atoms with Gasteiger partial charge in [0, 0.05) is 24.5 Å². The maximum Gasteiger partial charge on any atom is 0.275 e. The highest BCUT2D eigenvalue weighted by Crippen LogP contribution is 2.20. The molecule has 0 aromatic carbocycles. The zero-order chi connectivity index (χ0) is 15.7. The lowest BCUT2D eigenvalue weighted by Crippen LogP contribution is -2.21. The normalized spacial score (nSPS) is 11.6. The maximum absolute atomic E-state index is 12.1. The molecule has 0 fully saturated rings. The molecule has 3 aromatic rings. The van der Waals surface area contributed by atoms with Crippen LogP contribution in [0.15, 0.2) is 20.6 Å². The van der Waals surface area contributed by atoms with Gasteiger partial charge in [-0.25, -0.2) is 9.97 Å². The minimum Gasteiger partial charge on any atom is -0.295 e. The summed E-state index contributed by atoms with van der Waals surface area (Å²) in [5, 5.41) is 7.35. The van der Waals surface area contributed by atoms with Crippen molar-refractivity contribution in [2.45, 2.75) is 24.4 Å². The van der Waals surface area contributed by atoms with E-state index < -0.39 is 0 Å². The van der Waals surface area contributed by atoms with Gasteiger partial charge in [-0.2, -0.15) is 4.52 Å². The first kappa shape index (κ1) is 15.6. The van der Waals surface area contributed by atoms with E-state index >= 15 is 0 Å². The second kappa shape index (κ2) is 6.45. The Balaban J connectivity index is 1.79. The van der Waals surface area contributed by atoms with Crippen molar-refractivity contribution < 1.29 is 0 Å². The van der Waals surface area contributed by atoms with Crippen molar-refractivity contribution in [1.29, 1.82) is 0 Å². The van der Waals surface area contributed by atoms with Crippen LogP contribution < -0.4 is 5.56 Å². The fraction of sp³-hybridized carbons (Fsp3) is 0.385. The highest BCUT2D eigenvalue weighted by atomic mass is 32.2. The van der Waals surface area contributed by atoms with E-state index in [1.807, 2.05) is 20.2 Å². The number of hydrogen-bond acceptors (Lipinski definition) is 8. The van der Waals surface area contributed by atoms with E-state index in [0.29, 0.717) is 11.5 Å². The predicted molar refractivity (Wildman–Crippen MR) is 90.9 cm³/mol. The Morgan fingerprint density at radius 1 is 1.32 bits per heavy atom. The van der Waals surface area contributed by atoms with Crippen molar-refractivity contribution in [3.8, 4) is 0 Å².